The van der Waals surface area contributed by atoms with Crippen molar-refractivity contribution in [2.24, 2.45) is 10.4 Å². The van der Waals surface area contributed by atoms with E-state index >= 15 is 0 Å². The molecule has 2 N–H and O–H groups in total. The van der Waals surface area contributed by atoms with Gasteiger partial charge in [-0.05, 0) is 37.2 Å². The van der Waals surface area contributed by atoms with Crippen molar-refractivity contribution in [1.82, 2.24) is 15.5 Å². The van der Waals surface area contributed by atoms with Crippen LogP contribution in [0.25, 0.3) is 0 Å². The fourth-order valence-electron chi connectivity index (χ4n) is 2.24. The van der Waals surface area contributed by atoms with Gasteiger partial charge in [0.1, 0.15) is 0 Å². The molecule has 1 rings (SSSR count). The average Bonchev–Trinajstić information content (AvgIpc) is 2.39. The number of aliphatic imine (C=N–C) groups is 1. The smallest absolute Gasteiger partial charge is 0.191 e. The molecular weight excluding hydrogens is 411 g/mol. The van der Waals surface area contributed by atoms with Crippen LogP contribution in [0.15, 0.2) is 29.3 Å². The Hall–Kier alpha value is -0.530. The number of nitrogens with one attached hydrogen (secondary N) is 2. The molecule has 0 aliphatic rings. The second-order valence-electron chi connectivity index (χ2n) is 6.31. The maximum Gasteiger partial charge on any atom is 0.191 e. The van der Waals surface area contributed by atoms with Crippen LogP contribution >= 0.6 is 35.6 Å². The predicted molar refractivity (Wildman–Crippen MR) is 107 cm³/mol. The number of nitrogens with zero attached hydrogens (tertiary/aromatic N) is 2. The van der Waals surface area contributed by atoms with Gasteiger partial charge in [0.05, 0.1) is 0 Å². The summed E-state index contributed by atoms with van der Waals surface area (Å²) in [6.07, 6.45) is 0. The van der Waals surface area contributed by atoms with E-state index in [0.717, 1.165) is 30.6 Å². The van der Waals surface area contributed by atoms with E-state index in [1.165, 1.54) is 5.56 Å². The highest BCUT2D eigenvalue weighted by Gasteiger charge is 2.19. The predicted octanol–water partition coefficient (Wildman–Crippen LogP) is 3.21. The van der Waals surface area contributed by atoms with Gasteiger partial charge in [0.2, 0.25) is 0 Å². The Morgan fingerprint density at radius 1 is 1.18 bits per heavy atom. The summed E-state index contributed by atoms with van der Waals surface area (Å²) in [5.74, 6) is 0.816. The van der Waals surface area contributed by atoms with Crippen LogP contribution in [0.1, 0.15) is 19.4 Å². The SMILES string of the molecule is CN=C(NCc1ccc(Cl)cc1)NCC(C)(C)CN(C)C.I. The Kier molecular flexibility index (Phi) is 10.0. The van der Waals surface area contributed by atoms with Gasteiger partial charge in [-0.2, -0.15) is 0 Å². The van der Waals surface area contributed by atoms with Crippen LogP contribution in [0.3, 0.4) is 0 Å². The Morgan fingerprint density at radius 2 is 1.77 bits per heavy atom. The summed E-state index contributed by atoms with van der Waals surface area (Å²) in [5, 5.41) is 7.45. The first-order valence-electron chi connectivity index (χ1n) is 7.16. The van der Waals surface area contributed by atoms with Gasteiger partial charge in [0.25, 0.3) is 0 Å². The van der Waals surface area contributed by atoms with E-state index in [2.05, 4.69) is 48.5 Å². The van der Waals surface area contributed by atoms with Crippen LogP contribution in [0.5, 0.6) is 0 Å². The fourth-order valence-corrected chi connectivity index (χ4v) is 2.37. The molecule has 22 heavy (non-hydrogen) atoms. The second kappa shape index (κ2) is 10.3. The van der Waals surface area contributed by atoms with E-state index < -0.39 is 0 Å². The molecule has 0 spiro atoms. The van der Waals surface area contributed by atoms with Gasteiger partial charge < -0.3 is 15.5 Å². The van der Waals surface area contributed by atoms with Gasteiger partial charge in [-0.3, -0.25) is 4.99 Å². The largest absolute Gasteiger partial charge is 0.356 e. The molecule has 0 aliphatic heterocycles. The van der Waals surface area contributed by atoms with Crippen molar-refractivity contribution in [1.29, 1.82) is 0 Å². The Bertz CT molecular complexity index is 458. The number of hydrogen-bond acceptors (Lipinski definition) is 2. The maximum atomic E-state index is 5.88. The zero-order valence-electron chi connectivity index (χ0n) is 14.1. The van der Waals surface area contributed by atoms with Crippen molar-refractivity contribution < 1.29 is 0 Å². The lowest BCUT2D eigenvalue weighted by molar-refractivity contribution is 0.241. The molecule has 0 amide bonds. The zero-order chi connectivity index (χ0) is 15.9. The van der Waals surface area contributed by atoms with Crippen molar-refractivity contribution in [3.05, 3.63) is 34.9 Å². The second-order valence-corrected chi connectivity index (χ2v) is 6.74. The molecule has 6 heteroatoms. The number of halogens is 2. The van der Waals surface area contributed by atoms with E-state index in [1.54, 1.807) is 7.05 Å². The number of rotatable bonds is 6. The van der Waals surface area contributed by atoms with E-state index in [4.69, 9.17) is 11.6 Å². The van der Waals surface area contributed by atoms with Crippen molar-refractivity contribution in [3.63, 3.8) is 0 Å². The van der Waals surface area contributed by atoms with Gasteiger partial charge >= 0.3 is 0 Å². The van der Waals surface area contributed by atoms with Gasteiger partial charge in [-0.1, -0.05) is 37.6 Å². The first-order chi connectivity index (χ1) is 9.82. The van der Waals surface area contributed by atoms with Crippen LogP contribution in [-0.4, -0.2) is 45.1 Å². The quantitative estimate of drug-likeness (QED) is 0.407. The van der Waals surface area contributed by atoms with E-state index in [1.807, 2.05) is 24.3 Å². The first kappa shape index (κ1) is 21.5. The van der Waals surface area contributed by atoms with Crippen molar-refractivity contribution in [2.45, 2.75) is 20.4 Å². The summed E-state index contributed by atoms with van der Waals surface area (Å²) in [4.78, 5) is 6.46. The normalized spacial score (nSPS) is 12.0. The maximum absolute atomic E-state index is 5.88. The minimum Gasteiger partial charge on any atom is -0.356 e. The standard InChI is InChI=1S/C16H27ClN4.HI/c1-16(2,12-21(4)5)11-20-15(18-3)19-10-13-6-8-14(17)9-7-13;/h6-9H,10-12H2,1-5H3,(H2,18,19,20);1H. The highest BCUT2D eigenvalue weighted by Crippen LogP contribution is 2.14. The number of guanidine groups is 1. The van der Waals surface area contributed by atoms with Crippen molar-refractivity contribution in [2.75, 3.05) is 34.2 Å². The molecule has 0 saturated carbocycles. The van der Waals surface area contributed by atoms with Gasteiger partial charge in [0.15, 0.2) is 5.96 Å². The van der Waals surface area contributed by atoms with Gasteiger partial charge in [-0.15, -0.1) is 24.0 Å². The zero-order valence-corrected chi connectivity index (χ0v) is 17.2. The molecule has 0 saturated heterocycles. The molecule has 0 atom stereocenters. The third-order valence-electron chi connectivity index (χ3n) is 3.08. The summed E-state index contributed by atoms with van der Waals surface area (Å²) in [6, 6.07) is 7.82. The summed E-state index contributed by atoms with van der Waals surface area (Å²) in [6.45, 7) is 7.10. The summed E-state index contributed by atoms with van der Waals surface area (Å²) < 4.78 is 0. The molecular formula is C16H28ClIN4. The monoisotopic (exact) mass is 438 g/mol. The van der Waals surface area contributed by atoms with Crippen LogP contribution in [0, 0.1) is 5.41 Å². The minimum absolute atomic E-state index is 0. The first-order valence-corrected chi connectivity index (χ1v) is 7.54. The lowest BCUT2D eigenvalue weighted by atomic mass is 9.93. The van der Waals surface area contributed by atoms with Crippen LogP contribution < -0.4 is 10.6 Å². The summed E-state index contributed by atoms with van der Waals surface area (Å²) in [5.41, 5.74) is 1.36. The highest BCUT2D eigenvalue weighted by atomic mass is 127. The van der Waals surface area contributed by atoms with E-state index in [0.29, 0.717) is 0 Å². The van der Waals surface area contributed by atoms with Gasteiger partial charge in [0, 0.05) is 31.7 Å². The molecule has 0 unspecified atom stereocenters. The van der Waals surface area contributed by atoms with Gasteiger partial charge in [-0.25, -0.2) is 0 Å². The molecule has 0 aromatic heterocycles. The molecule has 0 heterocycles. The minimum atomic E-state index is 0. The fraction of sp³-hybridized carbons (Fsp3) is 0.562. The Labute approximate surface area is 156 Å². The Morgan fingerprint density at radius 3 is 2.27 bits per heavy atom. The lowest BCUT2D eigenvalue weighted by Crippen LogP contribution is -2.44. The third kappa shape index (κ3) is 8.80. The molecule has 0 fully saturated rings. The molecule has 126 valence electrons. The molecule has 4 nitrogen and oxygen atoms in total. The number of hydrogen-bond donors (Lipinski definition) is 2. The highest BCUT2D eigenvalue weighted by molar-refractivity contribution is 14.0. The topological polar surface area (TPSA) is 39.7 Å². The van der Waals surface area contributed by atoms with Crippen LogP contribution in [0.2, 0.25) is 5.02 Å². The van der Waals surface area contributed by atoms with Crippen molar-refractivity contribution in [3.8, 4) is 0 Å². The lowest BCUT2D eigenvalue weighted by Gasteiger charge is -2.29. The average molecular weight is 439 g/mol. The Balaban J connectivity index is 0.00000441. The number of benzene rings is 1. The summed E-state index contributed by atoms with van der Waals surface area (Å²) >= 11 is 5.88. The molecule has 0 aliphatic carbocycles. The third-order valence-corrected chi connectivity index (χ3v) is 3.33. The van der Waals surface area contributed by atoms with Crippen molar-refractivity contribution >= 4 is 41.5 Å². The molecule has 1 aromatic rings. The van der Waals surface area contributed by atoms with E-state index in [-0.39, 0.29) is 29.4 Å². The molecule has 1 aromatic carbocycles. The van der Waals surface area contributed by atoms with Crippen LogP contribution in [0.4, 0.5) is 0 Å². The van der Waals surface area contributed by atoms with Crippen LogP contribution in [-0.2, 0) is 6.54 Å². The van der Waals surface area contributed by atoms with E-state index in [9.17, 15) is 0 Å². The molecule has 0 bridgehead atoms. The molecule has 0 radical (unpaired) electrons. The summed E-state index contributed by atoms with van der Waals surface area (Å²) in [7, 11) is 5.97.